The third-order valence-corrected chi connectivity index (χ3v) is 6.08. The van der Waals surface area contributed by atoms with Crippen LogP contribution in [0.15, 0.2) is 76.8 Å². The largest absolute Gasteiger partial charge is 0.488 e. The maximum Gasteiger partial charge on any atom is 0.337 e. The summed E-state index contributed by atoms with van der Waals surface area (Å²) < 4.78 is 10.9. The minimum atomic E-state index is -0.917. The number of carbonyl (C=O) groups excluding carboxylic acids is 4. The molecule has 38 heavy (non-hydrogen) atoms. The lowest BCUT2D eigenvalue weighted by molar-refractivity contribution is -0.384. The van der Waals surface area contributed by atoms with Gasteiger partial charge in [0.25, 0.3) is 17.5 Å². The molecule has 0 spiro atoms. The fraction of sp³-hybridized carbons (Fsp3) is 0.0769. The highest BCUT2D eigenvalue weighted by atomic mass is 79.9. The summed E-state index contributed by atoms with van der Waals surface area (Å²) >= 11 is 3.40. The molecule has 0 aliphatic carbocycles. The van der Waals surface area contributed by atoms with Crippen molar-refractivity contribution in [1.82, 2.24) is 5.32 Å². The van der Waals surface area contributed by atoms with E-state index in [1.807, 2.05) is 0 Å². The molecule has 1 fully saturated rings. The lowest BCUT2D eigenvalue weighted by Crippen LogP contribution is -2.54. The van der Waals surface area contributed by atoms with Crippen molar-refractivity contribution in [1.29, 1.82) is 0 Å². The fourth-order valence-corrected chi connectivity index (χ4v) is 4.03. The fourth-order valence-electron chi connectivity index (χ4n) is 3.52. The van der Waals surface area contributed by atoms with E-state index in [4.69, 9.17) is 4.74 Å². The number of halogens is 1. The molecule has 4 amide bonds. The number of nitrogens with zero attached hydrogens (tertiary/aromatic N) is 2. The summed E-state index contributed by atoms with van der Waals surface area (Å²) in [4.78, 5) is 60.8. The van der Waals surface area contributed by atoms with Crippen LogP contribution in [0.3, 0.4) is 0 Å². The molecule has 0 bridgehead atoms. The van der Waals surface area contributed by atoms with Gasteiger partial charge in [-0.25, -0.2) is 14.5 Å². The van der Waals surface area contributed by atoms with Gasteiger partial charge in [0.15, 0.2) is 0 Å². The van der Waals surface area contributed by atoms with Crippen molar-refractivity contribution in [2.24, 2.45) is 0 Å². The number of non-ortho nitro benzene ring substituents is 1. The SMILES string of the molecule is COC(=O)c1ccc(N2C(=O)NC(=O)/C(=C\c3ccc(OCc4ccc([N+](=O)[O-])cc4)c(Br)c3)C2=O)cc1. The number of esters is 1. The first-order valence-corrected chi connectivity index (χ1v) is 11.7. The third kappa shape index (κ3) is 5.60. The van der Waals surface area contributed by atoms with Crippen molar-refractivity contribution < 1.29 is 33.6 Å². The number of hydrogen-bond acceptors (Lipinski definition) is 8. The summed E-state index contributed by atoms with van der Waals surface area (Å²) in [6.45, 7) is 0.157. The van der Waals surface area contributed by atoms with E-state index in [1.165, 1.54) is 49.6 Å². The average Bonchev–Trinajstić information content (AvgIpc) is 2.90. The number of carbonyl (C=O) groups is 4. The number of nitro groups is 1. The number of nitro benzene ring substituents is 1. The topological polar surface area (TPSA) is 145 Å². The predicted octanol–water partition coefficient (Wildman–Crippen LogP) is 4.39. The smallest absolute Gasteiger partial charge is 0.337 e. The van der Waals surface area contributed by atoms with Crippen LogP contribution in [0.2, 0.25) is 0 Å². The Balaban J connectivity index is 1.52. The van der Waals surface area contributed by atoms with Crippen molar-refractivity contribution in [2.45, 2.75) is 6.61 Å². The molecule has 1 aliphatic rings. The number of hydrogen-bond donors (Lipinski definition) is 1. The Morgan fingerprint density at radius 1 is 1.05 bits per heavy atom. The zero-order chi connectivity index (χ0) is 27.4. The number of nitrogens with one attached hydrogen (secondary N) is 1. The number of urea groups is 1. The van der Waals surface area contributed by atoms with Crippen LogP contribution >= 0.6 is 15.9 Å². The van der Waals surface area contributed by atoms with Gasteiger partial charge in [0.2, 0.25) is 0 Å². The second kappa shape index (κ2) is 11.0. The first-order chi connectivity index (χ1) is 18.2. The Bertz CT molecular complexity index is 1480. The summed E-state index contributed by atoms with van der Waals surface area (Å²) in [5, 5.41) is 12.9. The lowest BCUT2D eigenvalue weighted by atomic mass is 10.1. The van der Waals surface area contributed by atoms with E-state index in [0.29, 0.717) is 15.8 Å². The number of benzene rings is 3. The number of rotatable bonds is 7. The molecule has 4 rings (SSSR count). The maximum atomic E-state index is 13.1. The Labute approximate surface area is 223 Å². The van der Waals surface area contributed by atoms with Gasteiger partial charge in [-0.3, -0.25) is 25.0 Å². The van der Waals surface area contributed by atoms with Crippen molar-refractivity contribution in [3.63, 3.8) is 0 Å². The second-order valence-electron chi connectivity index (χ2n) is 7.90. The number of barbiturate groups is 1. The van der Waals surface area contributed by atoms with E-state index in [-0.39, 0.29) is 29.1 Å². The van der Waals surface area contributed by atoms with Gasteiger partial charge in [-0.15, -0.1) is 0 Å². The second-order valence-corrected chi connectivity index (χ2v) is 8.75. The molecule has 0 radical (unpaired) electrons. The van der Waals surface area contributed by atoms with E-state index in [2.05, 4.69) is 26.0 Å². The van der Waals surface area contributed by atoms with Crippen molar-refractivity contribution in [2.75, 3.05) is 12.0 Å². The van der Waals surface area contributed by atoms with E-state index < -0.39 is 28.7 Å². The van der Waals surface area contributed by atoms with Crippen molar-refractivity contribution in [3.05, 3.63) is 104 Å². The first kappa shape index (κ1) is 26.2. The lowest BCUT2D eigenvalue weighted by Gasteiger charge is -2.26. The summed E-state index contributed by atoms with van der Waals surface area (Å²) in [5.74, 6) is -1.80. The highest BCUT2D eigenvalue weighted by molar-refractivity contribution is 9.10. The van der Waals surface area contributed by atoms with E-state index in [9.17, 15) is 29.3 Å². The molecule has 0 unspecified atom stereocenters. The monoisotopic (exact) mass is 579 g/mol. The minimum absolute atomic E-state index is 0.0212. The Morgan fingerprint density at radius 2 is 1.74 bits per heavy atom. The molecule has 11 nitrogen and oxygen atoms in total. The molecular weight excluding hydrogens is 562 g/mol. The van der Waals surface area contributed by atoms with Gasteiger partial charge in [0.05, 0.1) is 27.8 Å². The van der Waals surface area contributed by atoms with Crippen LogP contribution < -0.4 is 15.0 Å². The maximum absolute atomic E-state index is 13.1. The molecule has 0 saturated carbocycles. The first-order valence-electron chi connectivity index (χ1n) is 10.9. The van der Waals surface area contributed by atoms with Gasteiger partial charge in [-0.2, -0.15) is 0 Å². The van der Waals surface area contributed by atoms with E-state index in [1.54, 1.807) is 30.3 Å². The number of ether oxygens (including phenoxy) is 2. The molecule has 1 heterocycles. The average molecular weight is 580 g/mol. The Kier molecular flexibility index (Phi) is 7.63. The summed E-state index contributed by atoms with van der Waals surface area (Å²) in [5.41, 5.74) is 1.31. The quantitative estimate of drug-likeness (QED) is 0.142. The summed E-state index contributed by atoms with van der Waals surface area (Å²) in [6, 6.07) is 15.5. The zero-order valence-electron chi connectivity index (χ0n) is 19.7. The zero-order valence-corrected chi connectivity index (χ0v) is 21.3. The molecule has 0 atom stereocenters. The van der Waals surface area contributed by atoms with Gasteiger partial charge in [0.1, 0.15) is 17.9 Å². The minimum Gasteiger partial charge on any atom is -0.488 e. The molecule has 3 aromatic carbocycles. The molecule has 1 saturated heterocycles. The van der Waals surface area contributed by atoms with Crippen LogP contribution in [0, 0.1) is 10.1 Å². The van der Waals surface area contributed by atoms with E-state index >= 15 is 0 Å². The number of anilines is 1. The number of amides is 4. The number of methoxy groups -OCH3 is 1. The highest BCUT2D eigenvalue weighted by Crippen LogP contribution is 2.29. The van der Waals surface area contributed by atoms with Crippen LogP contribution in [0.4, 0.5) is 16.2 Å². The van der Waals surface area contributed by atoms with Gasteiger partial charge < -0.3 is 9.47 Å². The van der Waals surface area contributed by atoms with Crippen LogP contribution in [0.1, 0.15) is 21.5 Å². The van der Waals surface area contributed by atoms with Crippen LogP contribution in [0.25, 0.3) is 6.08 Å². The third-order valence-electron chi connectivity index (χ3n) is 5.46. The molecule has 3 aromatic rings. The van der Waals surface area contributed by atoms with Gasteiger partial charge in [-0.05, 0) is 81.7 Å². The summed E-state index contributed by atoms with van der Waals surface area (Å²) in [7, 11) is 1.23. The van der Waals surface area contributed by atoms with Crippen LogP contribution in [-0.2, 0) is 20.9 Å². The molecule has 1 N–H and O–H groups in total. The molecule has 1 aliphatic heterocycles. The van der Waals surface area contributed by atoms with Crippen LogP contribution in [0.5, 0.6) is 5.75 Å². The van der Waals surface area contributed by atoms with Gasteiger partial charge >= 0.3 is 12.0 Å². The van der Waals surface area contributed by atoms with Gasteiger partial charge in [0, 0.05) is 12.1 Å². The van der Waals surface area contributed by atoms with E-state index in [0.717, 1.165) is 10.5 Å². The molecule has 12 heteroatoms. The van der Waals surface area contributed by atoms with Crippen molar-refractivity contribution >= 4 is 57.2 Å². The Hall–Kier alpha value is -4.84. The molecule has 0 aromatic heterocycles. The van der Waals surface area contributed by atoms with Gasteiger partial charge in [-0.1, -0.05) is 6.07 Å². The number of imide groups is 2. The Morgan fingerprint density at radius 3 is 2.34 bits per heavy atom. The predicted molar refractivity (Wildman–Crippen MR) is 138 cm³/mol. The molecule has 192 valence electrons. The molecular formula is C26H18BrN3O8. The van der Waals surface area contributed by atoms with Crippen molar-refractivity contribution in [3.8, 4) is 5.75 Å². The normalized spacial score (nSPS) is 14.3. The standard InChI is InChI=1S/C26H18BrN3O8/c1-37-25(33)17-5-9-18(10-6-17)29-24(32)20(23(31)28-26(29)34)12-16-4-11-22(21(27)13-16)38-14-15-2-7-19(8-3-15)30(35)36/h2-13H,14H2,1H3,(H,28,31,34)/b20-12+. The van der Waals surface area contributed by atoms with Crippen LogP contribution in [-0.4, -0.2) is 35.8 Å². The summed E-state index contributed by atoms with van der Waals surface area (Å²) in [6.07, 6.45) is 1.34. The highest BCUT2D eigenvalue weighted by Gasteiger charge is 2.36.